The highest BCUT2D eigenvalue weighted by atomic mass is 16.5. The number of benzene rings is 1. The molecule has 3 heteroatoms. The van der Waals surface area contributed by atoms with Crippen molar-refractivity contribution in [2.24, 2.45) is 5.73 Å². The molecule has 1 aliphatic heterocycles. The lowest BCUT2D eigenvalue weighted by atomic mass is 10.0. The van der Waals surface area contributed by atoms with Crippen LogP contribution in [0.3, 0.4) is 0 Å². The Labute approximate surface area is 127 Å². The number of aromatic nitrogens is 1. The molecule has 1 aliphatic rings. The number of hydrogen-bond acceptors (Lipinski definition) is 2. The fraction of sp³-hybridized carbons (Fsp3) is 0.556. The Morgan fingerprint density at radius 3 is 3.00 bits per heavy atom. The normalized spacial score (nSPS) is 20.2. The third kappa shape index (κ3) is 3.30. The Hall–Kier alpha value is -1.32. The molecule has 114 valence electrons. The molecule has 2 atom stereocenters. The average Bonchev–Trinajstić information content (AvgIpc) is 3.14. The first kappa shape index (κ1) is 14.6. The highest BCUT2D eigenvalue weighted by molar-refractivity contribution is 5.84. The van der Waals surface area contributed by atoms with Crippen molar-refractivity contribution in [2.75, 3.05) is 6.61 Å². The van der Waals surface area contributed by atoms with Crippen molar-refractivity contribution in [2.45, 2.75) is 57.7 Å². The van der Waals surface area contributed by atoms with E-state index in [1.807, 2.05) is 0 Å². The smallest absolute Gasteiger partial charge is 0.0593 e. The third-order valence-electron chi connectivity index (χ3n) is 4.59. The van der Waals surface area contributed by atoms with E-state index in [-0.39, 0.29) is 6.04 Å². The predicted molar refractivity (Wildman–Crippen MR) is 87.5 cm³/mol. The second kappa shape index (κ2) is 6.63. The van der Waals surface area contributed by atoms with Crippen molar-refractivity contribution in [3.05, 3.63) is 36.0 Å². The van der Waals surface area contributed by atoms with Gasteiger partial charge in [-0.1, -0.05) is 25.1 Å². The van der Waals surface area contributed by atoms with Gasteiger partial charge in [0.05, 0.1) is 6.10 Å². The number of aryl methyl sites for hydroxylation is 1. The second-order valence-electron chi connectivity index (χ2n) is 6.16. The molecule has 1 aromatic carbocycles. The van der Waals surface area contributed by atoms with E-state index in [0.29, 0.717) is 6.10 Å². The molecule has 3 nitrogen and oxygen atoms in total. The van der Waals surface area contributed by atoms with Gasteiger partial charge >= 0.3 is 0 Å². The van der Waals surface area contributed by atoms with Crippen molar-refractivity contribution in [1.82, 2.24) is 4.57 Å². The van der Waals surface area contributed by atoms with Crippen LogP contribution in [-0.2, 0) is 17.7 Å². The quantitative estimate of drug-likeness (QED) is 0.883. The van der Waals surface area contributed by atoms with Gasteiger partial charge in [0.25, 0.3) is 0 Å². The lowest BCUT2D eigenvalue weighted by Crippen LogP contribution is -2.21. The number of fused-ring (bicyclic) bond motifs is 1. The van der Waals surface area contributed by atoms with E-state index in [4.69, 9.17) is 10.5 Å². The minimum Gasteiger partial charge on any atom is -0.378 e. The number of para-hydroxylation sites is 1. The maximum Gasteiger partial charge on any atom is 0.0593 e. The van der Waals surface area contributed by atoms with Gasteiger partial charge in [0, 0.05) is 36.3 Å². The Balaban J connectivity index is 1.80. The molecule has 1 fully saturated rings. The van der Waals surface area contributed by atoms with Crippen LogP contribution in [0.5, 0.6) is 0 Å². The molecule has 0 spiro atoms. The van der Waals surface area contributed by atoms with E-state index < -0.39 is 0 Å². The van der Waals surface area contributed by atoms with Crippen LogP contribution in [-0.4, -0.2) is 23.3 Å². The molecule has 1 aromatic heterocycles. The lowest BCUT2D eigenvalue weighted by Gasteiger charge is -2.10. The summed E-state index contributed by atoms with van der Waals surface area (Å²) in [5, 5.41) is 1.36. The fourth-order valence-electron chi connectivity index (χ4n) is 3.25. The number of nitrogens with zero attached hydrogens (tertiary/aromatic N) is 1. The fourth-order valence-corrected chi connectivity index (χ4v) is 3.25. The van der Waals surface area contributed by atoms with Gasteiger partial charge in [-0.25, -0.2) is 0 Å². The largest absolute Gasteiger partial charge is 0.378 e. The van der Waals surface area contributed by atoms with E-state index in [9.17, 15) is 0 Å². The summed E-state index contributed by atoms with van der Waals surface area (Å²) >= 11 is 0. The van der Waals surface area contributed by atoms with Crippen molar-refractivity contribution >= 4 is 10.9 Å². The van der Waals surface area contributed by atoms with E-state index in [1.165, 1.54) is 29.3 Å². The first-order valence-electron chi connectivity index (χ1n) is 8.22. The zero-order valence-electron chi connectivity index (χ0n) is 12.9. The summed E-state index contributed by atoms with van der Waals surface area (Å²) in [7, 11) is 0. The SMILES string of the molecule is CCC(N)Cc1cn(CCC2CCCO2)c2ccccc12. The van der Waals surface area contributed by atoms with E-state index >= 15 is 0 Å². The maximum absolute atomic E-state index is 6.15. The van der Waals surface area contributed by atoms with Gasteiger partial charge in [-0.05, 0) is 43.7 Å². The van der Waals surface area contributed by atoms with Crippen molar-refractivity contribution in [1.29, 1.82) is 0 Å². The van der Waals surface area contributed by atoms with E-state index in [1.54, 1.807) is 0 Å². The molecule has 3 rings (SSSR count). The van der Waals surface area contributed by atoms with Crippen LogP contribution in [0.2, 0.25) is 0 Å². The van der Waals surface area contributed by atoms with Gasteiger partial charge in [-0.15, -0.1) is 0 Å². The molecule has 1 saturated heterocycles. The molecule has 21 heavy (non-hydrogen) atoms. The monoisotopic (exact) mass is 286 g/mol. The predicted octanol–water partition coefficient (Wildman–Crippen LogP) is 3.49. The zero-order valence-corrected chi connectivity index (χ0v) is 12.9. The van der Waals surface area contributed by atoms with E-state index in [2.05, 4.69) is 42.0 Å². The van der Waals surface area contributed by atoms with Crippen LogP contribution in [0.1, 0.15) is 38.2 Å². The first-order chi connectivity index (χ1) is 10.3. The Morgan fingerprint density at radius 1 is 1.38 bits per heavy atom. The highest BCUT2D eigenvalue weighted by Gasteiger charge is 2.16. The highest BCUT2D eigenvalue weighted by Crippen LogP contribution is 2.24. The molecule has 2 heterocycles. The van der Waals surface area contributed by atoms with Crippen LogP contribution in [0.4, 0.5) is 0 Å². The summed E-state index contributed by atoms with van der Waals surface area (Å²) in [6, 6.07) is 8.92. The molecule has 2 N–H and O–H groups in total. The summed E-state index contributed by atoms with van der Waals surface area (Å²) in [5.41, 5.74) is 8.86. The Bertz CT molecular complexity index is 584. The minimum atomic E-state index is 0.252. The number of nitrogens with two attached hydrogens (primary N) is 1. The Morgan fingerprint density at radius 2 is 2.24 bits per heavy atom. The second-order valence-corrected chi connectivity index (χ2v) is 6.16. The molecule has 0 radical (unpaired) electrons. The molecule has 2 unspecified atom stereocenters. The number of hydrogen-bond donors (Lipinski definition) is 1. The lowest BCUT2D eigenvalue weighted by molar-refractivity contribution is 0.101. The molecular weight excluding hydrogens is 260 g/mol. The summed E-state index contributed by atoms with van der Waals surface area (Å²) in [6.45, 7) is 4.13. The van der Waals surface area contributed by atoms with Crippen molar-refractivity contribution < 1.29 is 4.74 Å². The maximum atomic E-state index is 6.15. The van der Waals surface area contributed by atoms with Crippen LogP contribution < -0.4 is 5.73 Å². The van der Waals surface area contributed by atoms with Crippen LogP contribution in [0.25, 0.3) is 10.9 Å². The topological polar surface area (TPSA) is 40.2 Å². The summed E-state index contributed by atoms with van der Waals surface area (Å²) in [5.74, 6) is 0. The van der Waals surface area contributed by atoms with Gasteiger partial charge in [-0.3, -0.25) is 0 Å². The summed E-state index contributed by atoms with van der Waals surface area (Å²) in [6.07, 6.45) is 8.28. The van der Waals surface area contributed by atoms with Gasteiger partial charge in [0.15, 0.2) is 0 Å². The third-order valence-corrected chi connectivity index (χ3v) is 4.59. The molecule has 2 aromatic rings. The van der Waals surface area contributed by atoms with E-state index in [0.717, 1.165) is 32.4 Å². The molecule has 0 bridgehead atoms. The number of rotatable bonds is 6. The van der Waals surface area contributed by atoms with Crippen LogP contribution in [0, 0.1) is 0 Å². The zero-order chi connectivity index (χ0) is 14.7. The molecular formula is C18H26N2O. The van der Waals surface area contributed by atoms with Crippen LogP contribution >= 0.6 is 0 Å². The van der Waals surface area contributed by atoms with Gasteiger partial charge in [-0.2, -0.15) is 0 Å². The van der Waals surface area contributed by atoms with Crippen molar-refractivity contribution in [3.63, 3.8) is 0 Å². The summed E-state index contributed by atoms with van der Waals surface area (Å²) in [4.78, 5) is 0. The molecule has 0 amide bonds. The van der Waals surface area contributed by atoms with Crippen LogP contribution in [0.15, 0.2) is 30.5 Å². The minimum absolute atomic E-state index is 0.252. The van der Waals surface area contributed by atoms with Gasteiger partial charge in [0.2, 0.25) is 0 Å². The molecule has 0 aliphatic carbocycles. The summed E-state index contributed by atoms with van der Waals surface area (Å²) < 4.78 is 8.13. The van der Waals surface area contributed by atoms with Gasteiger partial charge in [0.1, 0.15) is 0 Å². The van der Waals surface area contributed by atoms with Gasteiger partial charge < -0.3 is 15.0 Å². The Kier molecular flexibility index (Phi) is 4.61. The standard InChI is InChI=1S/C18H26N2O/c1-2-15(19)12-14-13-20(10-9-16-6-5-11-21-16)18-8-4-3-7-17(14)18/h3-4,7-8,13,15-16H,2,5-6,9-12,19H2,1H3. The number of ether oxygens (including phenoxy) is 1. The first-order valence-corrected chi connectivity index (χ1v) is 8.22. The average molecular weight is 286 g/mol. The van der Waals surface area contributed by atoms with Crippen molar-refractivity contribution in [3.8, 4) is 0 Å². The molecule has 0 saturated carbocycles.